The Kier molecular flexibility index (Phi) is 5.83. The van der Waals surface area contributed by atoms with Crippen LogP contribution in [-0.4, -0.2) is 27.1 Å². The molecule has 1 amide bonds. The standard InChI is InChI=1S/C15H21ClN2O3S/c1-17-22(20,21)10-14(19)18-15(11-4-2-3-5-11)12-6-8-13(16)9-7-12/h6-9,11,15,17H,2-5,10H2,1H3,(H,18,19)/t15-/m0/s1. The summed E-state index contributed by atoms with van der Waals surface area (Å²) in [6.07, 6.45) is 4.34. The van der Waals surface area contributed by atoms with Crippen molar-refractivity contribution in [1.29, 1.82) is 0 Å². The monoisotopic (exact) mass is 344 g/mol. The van der Waals surface area contributed by atoms with Gasteiger partial charge < -0.3 is 5.32 Å². The average molecular weight is 345 g/mol. The summed E-state index contributed by atoms with van der Waals surface area (Å²) in [4.78, 5) is 12.1. The fraction of sp³-hybridized carbons (Fsp3) is 0.533. The zero-order valence-corrected chi connectivity index (χ0v) is 14.1. The third-order valence-electron chi connectivity index (χ3n) is 4.05. The van der Waals surface area contributed by atoms with Gasteiger partial charge in [-0.2, -0.15) is 0 Å². The summed E-state index contributed by atoms with van der Waals surface area (Å²) in [6.45, 7) is 0. The Labute approximate surface area is 136 Å². The predicted octanol–water partition coefficient (Wildman–Crippen LogP) is 2.24. The highest BCUT2D eigenvalue weighted by Gasteiger charge is 2.28. The van der Waals surface area contributed by atoms with Crippen molar-refractivity contribution >= 4 is 27.5 Å². The first-order valence-electron chi connectivity index (χ1n) is 7.37. The van der Waals surface area contributed by atoms with Gasteiger partial charge in [0.25, 0.3) is 0 Å². The van der Waals surface area contributed by atoms with E-state index < -0.39 is 21.7 Å². The first kappa shape index (κ1) is 17.2. The van der Waals surface area contributed by atoms with Gasteiger partial charge in [-0.1, -0.05) is 36.6 Å². The molecular formula is C15H21ClN2O3S. The predicted molar refractivity (Wildman–Crippen MR) is 87.1 cm³/mol. The van der Waals surface area contributed by atoms with Crippen molar-refractivity contribution in [2.75, 3.05) is 12.8 Å². The molecular weight excluding hydrogens is 324 g/mol. The molecule has 0 heterocycles. The van der Waals surface area contributed by atoms with Crippen molar-refractivity contribution < 1.29 is 13.2 Å². The van der Waals surface area contributed by atoms with Gasteiger partial charge in [-0.3, -0.25) is 4.79 Å². The van der Waals surface area contributed by atoms with Gasteiger partial charge in [-0.05, 0) is 43.5 Å². The number of hydrogen-bond donors (Lipinski definition) is 2. The first-order valence-corrected chi connectivity index (χ1v) is 9.40. The molecule has 5 nitrogen and oxygen atoms in total. The zero-order chi connectivity index (χ0) is 16.2. The van der Waals surface area contributed by atoms with Crippen LogP contribution >= 0.6 is 11.6 Å². The van der Waals surface area contributed by atoms with E-state index in [1.807, 2.05) is 12.1 Å². The van der Waals surface area contributed by atoms with E-state index in [9.17, 15) is 13.2 Å². The normalized spacial score (nSPS) is 17.4. The smallest absolute Gasteiger partial charge is 0.237 e. The molecule has 1 saturated carbocycles. The molecule has 1 aromatic carbocycles. The summed E-state index contributed by atoms with van der Waals surface area (Å²) >= 11 is 5.91. The van der Waals surface area contributed by atoms with Crippen LogP contribution in [0.15, 0.2) is 24.3 Å². The lowest BCUT2D eigenvalue weighted by atomic mass is 9.91. The Hall–Kier alpha value is -1.11. The van der Waals surface area contributed by atoms with Crippen molar-refractivity contribution in [3.63, 3.8) is 0 Å². The molecule has 2 rings (SSSR count). The van der Waals surface area contributed by atoms with E-state index in [1.54, 1.807) is 12.1 Å². The van der Waals surface area contributed by atoms with Crippen LogP contribution in [0.25, 0.3) is 0 Å². The number of benzene rings is 1. The summed E-state index contributed by atoms with van der Waals surface area (Å²) in [7, 11) is -2.26. The quantitative estimate of drug-likeness (QED) is 0.831. The molecule has 0 radical (unpaired) electrons. The Morgan fingerprint density at radius 1 is 1.27 bits per heavy atom. The molecule has 0 saturated heterocycles. The third-order valence-corrected chi connectivity index (χ3v) is 5.57. The molecule has 2 N–H and O–H groups in total. The van der Waals surface area contributed by atoms with Gasteiger partial charge in [-0.25, -0.2) is 13.1 Å². The van der Waals surface area contributed by atoms with E-state index in [0.29, 0.717) is 10.9 Å². The van der Waals surface area contributed by atoms with Crippen LogP contribution < -0.4 is 10.0 Å². The molecule has 0 aliphatic heterocycles. The second-order valence-corrected chi connectivity index (χ2v) is 7.97. The van der Waals surface area contributed by atoms with E-state index in [-0.39, 0.29) is 6.04 Å². The fourth-order valence-corrected chi connectivity index (χ4v) is 3.59. The Balaban J connectivity index is 2.14. The number of carbonyl (C=O) groups is 1. The molecule has 1 fully saturated rings. The largest absolute Gasteiger partial charge is 0.348 e. The average Bonchev–Trinajstić information content (AvgIpc) is 2.99. The minimum absolute atomic E-state index is 0.167. The summed E-state index contributed by atoms with van der Waals surface area (Å²) in [5, 5.41) is 3.52. The highest BCUT2D eigenvalue weighted by atomic mass is 35.5. The van der Waals surface area contributed by atoms with Crippen molar-refractivity contribution in [1.82, 2.24) is 10.0 Å². The maximum atomic E-state index is 12.1. The summed E-state index contributed by atoms with van der Waals surface area (Å²) in [6, 6.07) is 7.18. The van der Waals surface area contributed by atoms with Gasteiger partial charge in [0.2, 0.25) is 15.9 Å². The molecule has 1 aliphatic rings. The van der Waals surface area contributed by atoms with Crippen molar-refractivity contribution in [2.45, 2.75) is 31.7 Å². The fourth-order valence-electron chi connectivity index (χ4n) is 2.89. The summed E-state index contributed by atoms with van der Waals surface area (Å²) < 4.78 is 25.2. The van der Waals surface area contributed by atoms with Gasteiger partial charge in [-0.15, -0.1) is 0 Å². The maximum Gasteiger partial charge on any atom is 0.237 e. The van der Waals surface area contributed by atoms with Crippen LogP contribution in [0.4, 0.5) is 0 Å². The first-order chi connectivity index (χ1) is 10.4. The molecule has 22 heavy (non-hydrogen) atoms. The van der Waals surface area contributed by atoms with Crippen LogP contribution in [0.1, 0.15) is 37.3 Å². The van der Waals surface area contributed by atoms with Crippen molar-refractivity contribution in [3.8, 4) is 0 Å². The van der Waals surface area contributed by atoms with E-state index in [1.165, 1.54) is 7.05 Å². The topological polar surface area (TPSA) is 75.3 Å². The number of hydrogen-bond acceptors (Lipinski definition) is 3. The van der Waals surface area contributed by atoms with Gasteiger partial charge in [0.15, 0.2) is 0 Å². The second kappa shape index (κ2) is 7.44. The highest BCUT2D eigenvalue weighted by molar-refractivity contribution is 7.90. The summed E-state index contributed by atoms with van der Waals surface area (Å²) in [5.74, 6) is -0.705. The lowest BCUT2D eigenvalue weighted by Crippen LogP contribution is -2.39. The number of rotatable bonds is 6. The lowest BCUT2D eigenvalue weighted by molar-refractivity contribution is -0.119. The number of halogens is 1. The third kappa shape index (κ3) is 4.69. The lowest BCUT2D eigenvalue weighted by Gasteiger charge is -2.25. The Morgan fingerprint density at radius 2 is 1.86 bits per heavy atom. The SMILES string of the molecule is CNS(=O)(=O)CC(=O)N[C@H](c1ccc(Cl)cc1)C1CCCC1. The van der Waals surface area contributed by atoms with E-state index >= 15 is 0 Å². The molecule has 1 aromatic rings. The maximum absolute atomic E-state index is 12.1. The molecule has 1 aliphatic carbocycles. The molecule has 122 valence electrons. The number of sulfonamides is 1. The zero-order valence-electron chi connectivity index (χ0n) is 12.5. The number of carbonyl (C=O) groups excluding carboxylic acids is 1. The van der Waals surface area contributed by atoms with Crippen LogP contribution in [0, 0.1) is 5.92 Å². The Bertz CT molecular complexity index is 610. The second-order valence-electron chi connectivity index (χ2n) is 5.60. The van der Waals surface area contributed by atoms with E-state index in [2.05, 4.69) is 10.0 Å². The highest BCUT2D eigenvalue weighted by Crippen LogP contribution is 2.36. The minimum atomic E-state index is -3.56. The Morgan fingerprint density at radius 3 is 2.41 bits per heavy atom. The van der Waals surface area contributed by atoms with Gasteiger partial charge in [0.05, 0.1) is 6.04 Å². The molecule has 0 bridgehead atoms. The van der Waals surface area contributed by atoms with Gasteiger partial charge >= 0.3 is 0 Å². The number of amides is 1. The molecule has 7 heteroatoms. The van der Waals surface area contributed by atoms with Gasteiger partial charge in [0.1, 0.15) is 5.75 Å². The van der Waals surface area contributed by atoms with Crippen LogP contribution in [-0.2, 0) is 14.8 Å². The van der Waals surface area contributed by atoms with Crippen molar-refractivity contribution in [3.05, 3.63) is 34.9 Å². The number of nitrogens with one attached hydrogen (secondary N) is 2. The molecule has 0 aromatic heterocycles. The van der Waals surface area contributed by atoms with Crippen molar-refractivity contribution in [2.24, 2.45) is 5.92 Å². The molecule has 0 spiro atoms. The van der Waals surface area contributed by atoms with Crippen LogP contribution in [0.2, 0.25) is 5.02 Å². The van der Waals surface area contributed by atoms with Crippen LogP contribution in [0.5, 0.6) is 0 Å². The van der Waals surface area contributed by atoms with E-state index in [0.717, 1.165) is 31.2 Å². The van der Waals surface area contributed by atoms with Crippen LogP contribution in [0.3, 0.4) is 0 Å². The minimum Gasteiger partial charge on any atom is -0.348 e. The molecule has 0 unspecified atom stereocenters. The van der Waals surface area contributed by atoms with E-state index in [4.69, 9.17) is 11.6 Å². The van der Waals surface area contributed by atoms with Gasteiger partial charge in [0, 0.05) is 5.02 Å². The molecule has 1 atom stereocenters. The summed E-state index contributed by atoms with van der Waals surface area (Å²) in [5.41, 5.74) is 0.964.